The number of carbonyl (C=O) groups is 1. The number of ether oxygens (including phenoxy) is 1. The normalized spacial score (nSPS) is 15.8. The van der Waals surface area contributed by atoms with Crippen molar-refractivity contribution >= 4 is 17.3 Å². The first-order valence-electron chi connectivity index (χ1n) is 7.20. The lowest BCUT2D eigenvalue weighted by Gasteiger charge is -2.23. The minimum Gasteiger partial charge on any atom is -0.399 e. The Labute approximate surface area is 119 Å². The lowest BCUT2D eigenvalue weighted by molar-refractivity contribution is 0.0699. The molecule has 1 fully saturated rings. The summed E-state index contributed by atoms with van der Waals surface area (Å²) in [5, 5.41) is 6.19. The molecule has 0 radical (unpaired) electrons. The maximum atomic E-state index is 12.0. The van der Waals surface area contributed by atoms with Crippen molar-refractivity contribution in [3.8, 4) is 0 Å². The van der Waals surface area contributed by atoms with Crippen molar-refractivity contribution < 1.29 is 9.53 Å². The first-order chi connectivity index (χ1) is 9.70. The summed E-state index contributed by atoms with van der Waals surface area (Å²) in [6.07, 6.45) is 2.12. The van der Waals surface area contributed by atoms with Gasteiger partial charge < -0.3 is 21.1 Å². The molecule has 0 spiro atoms. The van der Waals surface area contributed by atoms with E-state index < -0.39 is 0 Å². The minimum absolute atomic E-state index is 0.0676. The molecule has 1 amide bonds. The highest BCUT2D eigenvalue weighted by atomic mass is 16.5. The Morgan fingerprint density at radius 2 is 2.15 bits per heavy atom. The Kier molecular flexibility index (Phi) is 5.24. The van der Waals surface area contributed by atoms with Crippen LogP contribution in [-0.2, 0) is 4.74 Å². The van der Waals surface area contributed by atoms with Gasteiger partial charge in [-0.25, -0.2) is 0 Å². The number of anilines is 2. The molecule has 5 heteroatoms. The summed E-state index contributed by atoms with van der Waals surface area (Å²) in [4.78, 5) is 12.0. The molecule has 20 heavy (non-hydrogen) atoms. The molecule has 0 aliphatic carbocycles. The third kappa shape index (κ3) is 3.87. The first-order valence-corrected chi connectivity index (χ1v) is 7.20. The molecule has 0 saturated carbocycles. The van der Waals surface area contributed by atoms with Crippen molar-refractivity contribution in [1.82, 2.24) is 5.32 Å². The second-order valence-corrected chi connectivity index (χ2v) is 5.10. The maximum absolute atomic E-state index is 12.0. The lowest BCUT2D eigenvalue weighted by Crippen LogP contribution is -2.26. The van der Waals surface area contributed by atoms with Crippen molar-refractivity contribution in [3.63, 3.8) is 0 Å². The van der Waals surface area contributed by atoms with E-state index >= 15 is 0 Å². The van der Waals surface area contributed by atoms with Gasteiger partial charge in [-0.05, 0) is 43.9 Å². The molecule has 0 unspecified atom stereocenters. The monoisotopic (exact) mass is 277 g/mol. The van der Waals surface area contributed by atoms with Crippen LogP contribution in [0.4, 0.5) is 11.4 Å². The molecule has 1 aromatic carbocycles. The Hall–Kier alpha value is -1.75. The molecule has 0 bridgehead atoms. The van der Waals surface area contributed by atoms with Crippen LogP contribution >= 0.6 is 0 Å². The number of nitrogens with one attached hydrogen (secondary N) is 2. The minimum atomic E-state index is -0.0676. The summed E-state index contributed by atoms with van der Waals surface area (Å²) in [6.45, 7) is 5.02. The van der Waals surface area contributed by atoms with E-state index in [-0.39, 0.29) is 5.91 Å². The fourth-order valence-electron chi connectivity index (χ4n) is 2.37. The average molecular weight is 277 g/mol. The van der Waals surface area contributed by atoms with Crippen LogP contribution < -0.4 is 16.4 Å². The van der Waals surface area contributed by atoms with Crippen molar-refractivity contribution in [2.75, 3.05) is 37.4 Å². The number of amides is 1. The van der Waals surface area contributed by atoms with Crippen LogP contribution in [0.5, 0.6) is 0 Å². The van der Waals surface area contributed by atoms with E-state index in [1.807, 2.05) is 13.0 Å². The third-order valence-corrected chi connectivity index (χ3v) is 3.55. The summed E-state index contributed by atoms with van der Waals surface area (Å²) in [6, 6.07) is 5.35. The van der Waals surface area contributed by atoms with Gasteiger partial charge in [-0.1, -0.05) is 0 Å². The molecular weight excluding hydrogens is 254 g/mol. The van der Waals surface area contributed by atoms with Crippen LogP contribution in [-0.4, -0.2) is 32.2 Å². The summed E-state index contributed by atoms with van der Waals surface area (Å²) in [5.74, 6) is 0.522. The van der Waals surface area contributed by atoms with Gasteiger partial charge in [0.1, 0.15) is 0 Å². The molecule has 5 nitrogen and oxygen atoms in total. The van der Waals surface area contributed by atoms with Crippen molar-refractivity contribution in [2.24, 2.45) is 5.92 Å². The van der Waals surface area contributed by atoms with E-state index in [1.54, 1.807) is 12.1 Å². The highest BCUT2D eigenvalue weighted by Crippen LogP contribution is 2.21. The van der Waals surface area contributed by atoms with Crippen molar-refractivity contribution in [2.45, 2.75) is 19.8 Å². The summed E-state index contributed by atoms with van der Waals surface area (Å²) < 4.78 is 5.35. The van der Waals surface area contributed by atoms with Crippen LogP contribution in [0.15, 0.2) is 18.2 Å². The number of hydrogen-bond donors (Lipinski definition) is 3. The van der Waals surface area contributed by atoms with Gasteiger partial charge in [-0.15, -0.1) is 0 Å². The van der Waals surface area contributed by atoms with Crippen LogP contribution in [0.3, 0.4) is 0 Å². The molecule has 1 saturated heterocycles. The fourth-order valence-corrected chi connectivity index (χ4v) is 2.37. The fraction of sp³-hybridized carbons (Fsp3) is 0.533. The molecular formula is C15H23N3O2. The molecule has 0 atom stereocenters. The van der Waals surface area contributed by atoms with E-state index in [1.165, 1.54) is 0 Å². The smallest absolute Gasteiger partial charge is 0.253 e. The lowest BCUT2D eigenvalue weighted by atomic mass is 10.00. The van der Waals surface area contributed by atoms with E-state index in [0.29, 0.717) is 23.7 Å². The predicted molar refractivity (Wildman–Crippen MR) is 80.9 cm³/mol. The zero-order valence-corrected chi connectivity index (χ0v) is 11.9. The first kappa shape index (κ1) is 14.7. The number of hydrogen-bond acceptors (Lipinski definition) is 4. The van der Waals surface area contributed by atoms with Crippen LogP contribution in [0.1, 0.15) is 30.1 Å². The zero-order valence-electron chi connectivity index (χ0n) is 11.9. The van der Waals surface area contributed by atoms with Crippen molar-refractivity contribution in [3.05, 3.63) is 23.8 Å². The second kappa shape index (κ2) is 7.14. The van der Waals surface area contributed by atoms with Gasteiger partial charge in [0.25, 0.3) is 5.91 Å². The molecule has 1 heterocycles. The standard InChI is InChI=1S/C15H23N3O2/c1-2-17-15(19)13-4-3-12(16)9-14(13)18-10-11-5-7-20-8-6-11/h3-4,9,11,18H,2,5-8,10,16H2,1H3,(H,17,19). The highest BCUT2D eigenvalue weighted by molar-refractivity contribution is 6.00. The second-order valence-electron chi connectivity index (χ2n) is 5.10. The van der Waals surface area contributed by atoms with Crippen LogP contribution in [0.2, 0.25) is 0 Å². The van der Waals surface area contributed by atoms with E-state index in [9.17, 15) is 4.79 Å². The number of nitrogen functional groups attached to an aromatic ring is 1. The Morgan fingerprint density at radius 1 is 1.40 bits per heavy atom. The summed E-state index contributed by atoms with van der Waals surface area (Å²) >= 11 is 0. The number of rotatable bonds is 5. The highest BCUT2D eigenvalue weighted by Gasteiger charge is 2.15. The van der Waals surface area contributed by atoms with Crippen LogP contribution in [0, 0.1) is 5.92 Å². The molecule has 0 aromatic heterocycles. The number of benzene rings is 1. The van der Waals surface area contributed by atoms with Gasteiger partial charge in [0, 0.05) is 37.7 Å². The van der Waals surface area contributed by atoms with Gasteiger partial charge in [0.15, 0.2) is 0 Å². The summed E-state index contributed by atoms with van der Waals surface area (Å²) in [7, 11) is 0. The Bertz CT molecular complexity index is 456. The van der Waals surface area contributed by atoms with Gasteiger partial charge in [0.05, 0.1) is 5.56 Å². The van der Waals surface area contributed by atoms with Gasteiger partial charge in [-0.3, -0.25) is 4.79 Å². The largest absolute Gasteiger partial charge is 0.399 e. The maximum Gasteiger partial charge on any atom is 0.253 e. The molecule has 110 valence electrons. The summed E-state index contributed by atoms with van der Waals surface area (Å²) in [5.41, 5.74) is 7.93. The molecule has 4 N–H and O–H groups in total. The van der Waals surface area contributed by atoms with Gasteiger partial charge in [0.2, 0.25) is 0 Å². The quantitative estimate of drug-likeness (QED) is 0.718. The Morgan fingerprint density at radius 3 is 2.85 bits per heavy atom. The average Bonchev–Trinajstić information content (AvgIpc) is 2.46. The van der Waals surface area contributed by atoms with Gasteiger partial charge >= 0.3 is 0 Å². The molecule has 1 aliphatic rings. The zero-order chi connectivity index (χ0) is 14.4. The van der Waals surface area contributed by atoms with Gasteiger partial charge in [-0.2, -0.15) is 0 Å². The predicted octanol–water partition coefficient (Wildman–Crippen LogP) is 1.86. The van der Waals surface area contributed by atoms with Crippen molar-refractivity contribution in [1.29, 1.82) is 0 Å². The number of nitrogens with two attached hydrogens (primary N) is 1. The van der Waals surface area contributed by atoms with E-state index in [4.69, 9.17) is 10.5 Å². The van der Waals surface area contributed by atoms with E-state index in [0.717, 1.165) is 38.3 Å². The van der Waals surface area contributed by atoms with E-state index in [2.05, 4.69) is 10.6 Å². The molecule has 1 aromatic rings. The number of carbonyl (C=O) groups excluding carboxylic acids is 1. The third-order valence-electron chi connectivity index (χ3n) is 3.55. The van der Waals surface area contributed by atoms with Crippen LogP contribution in [0.25, 0.3) is 0 Å². The SMILES string of the molecule is CCNC(=O)c1ccc(N)cc1NCC1CCOCC1. The Balaban J connectivity index is 2.04. The molecule has 2 rings (SSSR count). The topological polar surface area (TPSA) is 76.4 Å². The molecule has 1 aliphatic heterocycles.